The summed E-state index contributed by atoms with van der Waals surface area (Å²) >= 11 is 0. The molecular weight excluding hydrogens is 100 g/mol. The molecule has 0 amide bonds. The van der Waals surface area contributed by atoms with Crippen molar-refractivity contribution in [2.24, 2.45) is 11.7 Å². The predicted molar refractivity (Wildman–Crippen MR) is 36.2 cm³/mol. The number of hydrogen-bond acceptors (Lipinski definition) is 2. The second-order valence-electron chi connectivity index (χ2n) is 2.45. The van der Waals surface area contributed by atoms with E-state index in [0.29, 0.717) is 11.6 Å². The SMILES string of the molecule is CC(=N)[C@@H](N)C(C)C. The smallest absolute Gasteiger partial charge is 0.0443 e. The van der Waals surface area contributed by atoms with Crippen LogP contribution in [-0.4, -0.2) is 11.8 Å². The van der Waals surface area contributed by atoms with E-state index in [1.165, 1.54) is 0 Å². The molecule has 2 nitrogen and oxygen atoms in total. The molecule has 3 N–H and O–H groups in total. The molecule has 0 aromatic rings. The summed E-state index contributed by atoms with van der Waals surface area (Å²) in [6.45, 7) is 5.77. The first-order valence-electron chi connectivity index (χ1n) is 2.86. The van der Waals surface area contributed by atoms with E-state index in [9.17, 15) is 0 Å². The average molecular weight is 114 g/mol. The van der Waals surface area contributed by atoms with Crippen LogP contribution in [0.5, 0.6) is 0 Å². The van der Waals surface area contributed by atoms with E-state index in [4.69, 9.17) is 11.1 Å². The third kappa shape index (κ3) is 2.07. The van der Waals surface area contributed by atoms with Crippen LogP contribution in [0.4, 0.5) is 0 Å². The van der Waals surface area contributed by atoms with E-state index < -0.39 is 0 Å². The zero-order valence-corrected chi connectivity index (χ0v) is 5.73. The lowest BCUT2D eigenvalue weighted by molar-refractivity contribution is 0.591. The van der Waals surface area contributed by atoms with Gasteiger partial charge in [0.15, 0.2) is 0 Å². The summed E-state index contributed by atoms with van der Waals surface area (Å²) in [7, 11) is 0. The third-order valence-corrected chi connectivity index (χ3v) is 1.22. The van der Waals surface area contributed by atoms with Crippen molar-refractivity contribution in [1.82, 2.24) is 0 Å². The van der Waals surface area contributed by atoms with Crippen LogP contribution >= 0.6 is 0 Å². The zero-order valence-electron chi connectivity index (χ0n) is 5.73. The van der Waals surface area contributed by atoms with Crippen molar-refractivity contribution in [3.05, 3.63) is 0 Å². The van der Waals surface area contributed by atoms with E-state index >= 15 is 0 Å². The van der Waals surface area contributed by atoms with Crippen molar-refractivity contribution in [3.63, 3.8) is 0 Å². The van der Waals surface area contributed by atoms with E-state index in [0.717, 1.165) is 0 Å². The number of rotatable bonds is 2. The van der Waals surface area contributed by atoms with Gasteiger partial charge in [-0.25, -0.2) is 0 Å². The maximum Gasteiger partial charge on any atom is 0.0443 e. The Morgan fingerprint density at radius 3 is 1.88 bits per heavy atom. The maximum atomic E-state index is 7.11. The highest BCUT2D eigenvalue weighted by molar-refractivity contribution is 5.84. The van der Waals surface area contributed by atoms with Gasteiger partial charge in [0, 0.05) is 11.8 Å². The van der Waals surface area contributed by atoms with E-state index in [-0.39, 0.29) is 6.04 Å². The number of hydrogen-bond donors (Lipinski definition) is 2. The average Bonchev–Trinajstić information content (AvgIpc) is 1.64. The van der Waals surface area contributed by atoms with Crippen molar-refractivity contribution in [3.8, 4) is 0 Å². The molecule has 0 rings (SSSR count). The van der Waals surface area contributed by atoms with Gasteiger partial charge in [-0.1, -0.05) is 13.8 Å². The molecule has 0 heterocycles. The van der Waals surface area contributed by atoms with Crippen LogP contribution in [-0.2, 0) is 0 Å². The highest BCUT2D eigenvalue weighted by atomic mass is 14.7. The first-order valence-corrected chi connectivity index (χ1v) is 2.86. The van der Waals surface area contributed by atoms with Crippen molar-refractivity contribution in [2.75, 3.05) is 0 Å². The summed E-state index contributed by atoms with van der Waals surface area (Å²) in [6.07, 6.45) is 0. The Bertz CT molecular complexity index is 86.5. The fourth-order valence-corrected chi connectivity index (χ4v) is 0.500. The van der Waals surface area contributed by atoms with Gasteiger partial charge in [0.2, 0.25) is 0 Å². The monoisotopic (exact) mass is 114 g/mol. The third-order valence-electron chi connectivity index (χ3n) is 1.22. The largest absolute Gasteiger partial charge is 0.323 e. The van der Waals surface area contributed by atoms with Gasteiger partial charge in [-0.2, -0.15) is 0 Å². The molecule has 0 spiro atoms. The lowest BCUT2D eigenvalue weighted by atomic mass is 10.0. The van der Waals surface area contributed by atoms with Crippen LogP contribution in [0, 0.1) is 11.3 Å². The topological polar surface area (TPSA) is 49.9 Å². The Morgan fingerprint density at radius 1 is 1.50 bits per heavy atom. The molecule has 0 aliphatic rings. The highest BCUT2D eigenvalue weighted by Crippen LogP contribution is 1.97. The fraction of sp³-hybridized carbons (Fsp3) is 0.833. The van der Waals surface area contributed by atoms with Crippen LogP contribution in [0.1, 0.15) is 20.8 Å². The Balaban J connectivity index is 3.64. The Kier molecular flexibility index (Phi) is 2.69. The molecule has 2 heteroatoms. The Labute approximate surface area is 50.6 Å². The summed E-state index contributed by atoms with van der Waals surface area (Å²) in [6, 6.07) is -0.0463. The molecule has 0 fully saturated rings. The first-order chi connectivity index (χ1) is 3.55. The Morgan fingerprint density at radius 2 is 1.88 bits per heavy atom. The minimum atomic E-state index is -0.0463. The summed E-state index contributed by atoms with van der Waals surface area (Å²) < 4.78 is 0. The summed E-state index contributed by atoms with van der Waals surface area (Å²) in [5, 5.41) is 7.11. The summed E-state index contributed by atoms with van der Waals surface area (Å²) in [5.74, 6) is 0.396. The normalized spacial score (nSPS) is 14.1. The molecule has 0 saturated carbocycles. The van der Waals surface area contributed by atoms with Gasteiger partial charge in [-0.05, 0) is 12.8 Å². The second-order valence-corrected chi connectivity index (χ2v) is 2.45. The van der Waals surface area contributed by atoms with Crippen LogP contribution in [0.3, 0.4) is 0 Å². The zero-order chi connectivity index (χ0) is 6.73. The van der Waals surface area contributed by atoms with Crippen LogP contribution in [0.2, 0.25) is 0 Å². The molecule has 1 atom stereocenters. The minimum absolute atomic E-state index is 0.0463. The minimum Gasteiger partial charge on any atom is -0.323 e. The molecular formula is C6H14N2. The van der Waals surface area contributed by atoms with Crippen LogP contribution < -0.4 is 5.73 Å². The summed E-state index contributed by atoms with van der Waals surface area (Å²) in [5.41, 5.74) is 6.10. The van der Waals surface area contributed by atoms with Gasteiger partial charge in [0.05, 0.1) is 0 Å². The van der Waals surface area contributed by atoms with Crippen LogP contribution in [0.15, 0.2) is 0 Å². The molecule has 0 unspecified atom stereocenters. The van der Waals surface area contributed by atoms with Crippen molar-refractivity contribution >= 4 is 5.71 Å². The first kappa shape index (κ1) is 7.63. The van der Waals surface area contributed by atoms with Gasteiger partial charge in [0.25, 0.3) is 0 Å². The highest BCUT2D eigenvalue weighted by Gasteiger charge is 2.07. The molecule has 0 aliphatic heterocycles. The van der Waals surface area contributed by atoms with Crippen molar-refractivity contribution < 1.29 is 0 Å². The lowest BCUT2D eigenvalue weighted by Gasteiger charge is -2.12. The molecule has 0 saturated heterocycles. The molecule has 0 aromatic carbocycles. The quantitative estimate of drug-likeness (QED) is 0.517. The molecule has 8 heavy (non-hydrogen) atoms. The van der Waals surface area contributed by atoms with Crippen LogP contribution in [0.25, 0.3) is 0 Å². The van der Waals surface area contributed by atoms with Crippen molar-refractivity contribution in [2.45, 2.75) is 26.8 Å². The number of nitrogens with one attached hydrogen (secondary N) is 1. The standard InChI is InChI=1S/C6H14N2/c1-4(2)6(8)5(3)7/h4,6-7H,8H2,1-3H3/t6-/m0/s1. The Hall–Kier alpha value is -0.370. The van der Waals surface area contributed by atoms with Gasteiger partial charge < -0.3 is 11.1 Å². The molecule has 0 bridgehead atoms. The number of nitrogens with two attached hydrogens (primary N) is 1. The van der Waals surface area contributed by atoms with Gasteiger partial charge >= 0.3 is 0 Å². The molecule has 0 aromatic heterocycles. The molecule has 0 radical (unpaired) electrons. The van der Waals surface area contributed by atoms with E-state index in [1.807, 2.05) is 13.8 Å². The van der Waals surface area contributed by atoms with Gasteiger partial charge in [-0.15, -0.1) is 0 Å². The fourth-order valence-electron chi connectivity index (χ4n) is 0.500. The van der Waals surface area contributed by atoms with E-state index in [2.05, 4.69) is 0 Å². The predicted octanol–water partition coefficient (Wildman–Crippen LogP) is 1.01. The van der Waals surface area contributed by atoms with Gasteiger partial charge in [-0.3, -0.25) is 0 Å². The second kappa shape index (κ2) is 2.82. The maximum absolute atomic E-state index is 7.11. The van der Waals surface area contributed by atoms with E-state index in [1.54, 1.807) is 6.92 Å². The molecule has 0 aliphatic carbocycles. The van der Waals surface area contributed by atoms with Crippen molar-refractivity contribution in [1.29, 1.82) is 5.41 Å². The van der Waals surface area contributed by atoms with Gasteiger partial charge in [0.1, 0.15) is 0 Å². The molecule has 48 valence electrons. The lowest BCUT2D eigenvalue weighted by Crippen LogP contribution is -2.33. The summed E-state index contributed by atoms with van der Waals surface area (Å²) in [4.78, 5) is 0.